The molecule has 1 saturated heterocycles. The van der Waals surface area contributed by atoms with Gasteiger partial charge in [-0.05, 0) is 60.9 Å². The number of benzene rings is 2. The summed E-state index contributed by atoms with van der Waals surface area (Å²) in [7, 11) is 0. The van der Waals surface area contributed by atoms with Crippen molar-refractivity contribution in [2.24, 2.45) is 5.92 Å². The van der Waals surface area contributed by atoms with E-state index >= 15 is 0 Å². The number of fused-ring (bicyclic) bond motifs is 1. The van der Waals surface area contributed by atoms with E-state index in [1.807, 2.05) is 12.1 Å². The molecule has 7 heteroatoms. The van der Waals surface area contributed by atoms with Gasteiger partial charge in [-0.15, -0.1) is 0 Å². The van der Waals surface area contributed by atoms with Crippen molar-refractivity contribution < 1.29 is 19.5 Å². The van der Waals surface area contributed by atoms with Crippen LogP contribution in [0, 0.1) is 5.92 Å². The lowest BCUT2D eigenvalue weighted by molar-refractivity contribution is -0.142. The fourth-order valence-electron chi connectivity index (χ4n) is 4.90. The number of amides is 3. The Kier molecular flexibility index (Phi) is 7.20. The van der Waals surface area contributed by atoms with Crippen LogP contribution in [0.3, 0.4) is 0 Å². The summed E-state index contributed by atoms with van der Waals surface area (Å²) in [6.45, 7) is 3.99. The smallest absolute Gasteiger partial charge is 0.250 e. The summed E-state index contributed by atoms with van der Waals surface area (Å²) in [4.78, 5) is 41.1. The van der Waals surface area contributed by atoms with E-state index in [0.29, 0.717) is 18.5 Å². The van der Waals surface area contributed by atoms with Gasteiger partial charge in [0, 0.05) is 12.5 Å². The fourth-order valence-corrected chi connectivity index (χ4v) is 4.90. The van der Waals surface area contributed by atoms with Gasteiger partial charge in [-0.25, -0.2) is 0 Å². The van der Waals surface area contributed by atoms with E-state index in [9.17, 15) is 19.5 Å². The highest BCUT2D eigenvalue weighted by Gasteiger charge is 2.39. The zero-order valence-corrected chi connectivity index (χ0v) is 19.8. The minimum Gasteiger partial charge on any atom is -0.508 e. The van der Waals surface area contributed by atoms with E-state index in [1.165, 1.54) is 17.7 Å². The topological polar surface area (TPSA) is 98.7 Å². The van der Waals surface area contributed by atoms with Crippen LogP contribution in [0.15, 0.2) is 48.5 Å². The first-order valence-electron chi connectivity index (χ1n) is 12.1. The normalized spacial score (nSPS) is 20.5. The average molecular weight is 464 g/mol. The summed E-state index contributed by atoms with van der Waals surface area (Å²) >= 11 is 0. The molecular formula is C27H33N3O4. The maximum Gasteiger partial charge on any atom is 0.250 e. The number of nitrogens with zero attached hydrogens (tertiary/aromatic N) is 1. The van der Waals surface area contributed by atoms with Gasteiger partial charge in [-0.1, -0.05) is 50.2 Å². The van der Waals surface area contributed by atoms with Gasteiger partial charge in [0.2, 0.25) is 17.7 Å². The van der Waals surface area contributed by atoms with Crippen molar-refractivity contribution in [3.8, 4) is 5.75 Å². The molecule has 0 radical (unpaired) electrons. The Hall–Kier alpha value is -3.35. The fraction of sp³-hybridized carbons (Fsp3) is 0.444. The third-order valence-electron chi connectivity index (χ3n) is 6.81. The van der Waals surface area contributed by atoms with Crippen molar-refractivity contribution >= 4 is 17.7 Å². The lowest BCUT2D eigenvalue weighted by Crippen LogP contribution is -2.51. The van der Waals surface area contributed by atoms with Crippen LogP contribution >= 0.6 is 0 Å². The molecule has 1 fully saturated rings. The van der Waals surface area contributed by atoms with Gasteiger partial charge in [0.1, 0.15) is 17.8 Å². The number of nitrogens with one attached hydrogen (secondary N) is 2. The minimum absolute atomic E-state index is 0.0523. The van der Waals surface area contributed by atoms with Gasteiger partial charge in [-0.2, -0.15) is 0 Å². The molecule has 0 spiro atoms. The number of carbonyl (C=O) groups excluding carboxylic acids is 3. The minimum atomic E-state index is -0.917. The van der Waals surface area contributed by atoms with Crippen LogP contribution < -0.4 is 10.6 Å². The van der Waals surface area contributed by atoms with Gasteiger partial charge < -0.3 is 20.6 Å². The number of carbonyl (C=O) groups is 3. The number of hydrogen-bond donors (Lipinski definition) is 3. The third-order valence-corrected chi connectivity index (χ3v) is 6.81. The molecule has 1 aliphatic carbocycles. The van der Waals surface area contributed by atoms with Crippen LogP contribution in [0.5, 0.6) is 5.75 Å². The molecule has 3 N–H and O–H groups in total. The predicted molar refractivity (Wildman–Crippen MR) is 129 cm³/mol. The molecule has 1 heterocycles. The summed E-state index contributed by atoms with van der Waals surface area (Å²) in [5.41, 5.74) is 3.00. The number of phenols is 1. The second kappa shape index (κ2) is 10.3. The molecule has 7 nitrogen and oxygen atoms in total. The van der Waals surface area contributed by atoms with Crippen molar-refractivity contribution in [1.29, 1.82) is 0 Å². The van der Waals surface area contributed by atoms with Crippen molar-refractivity contribution in [2.45, 2.75) is 64.1 Å². The van der Waals surface area contributed by atoms with E-state index < -0.39 is 12.1 Å². The molecule has 0 bridgehead atoms. The van der Waals surface area contributed by atoms with E-state index in [2.05, 4.69) is 22.8 Å². The number of likely N-dealkylation sites (tertiary alicyclic amines) is 1. The summed E-state index contributed by atoms with van der Waals surface area (Å²) in [5, 5.41) is 15.7. The van der Waals surface area contributed by atoms with Crippen LogP contribution in [0.25, 0.3) is 0 Å². The highest BCUT2D eigenvalue weighted by molar-refractivity contribution is 5.93. The molecule has 4 rings (SSSR count). The predicted octanol–water partition coefficient (Wildman–Crippen LogP) is 3.39. The summed E-state index contributed by atoms with van der Waals surface area (Å²) in [5.74, 6) is -0.910. The molecule has 3 atom stereocenters. The van der Waals surface area contributed by atoms with Crippen LogP contribution in [0.1, 0.15) is 68.3 Å². The largest absolute Gasteiger partial charge is 0.508 e. The summed E-state index contributed by atoms with van der Waals surface area (Å²) in [6, 6.07) is 12.9. The first-order chi connectivity index (χ1) is 16.3. The van der Waals surface area contributed by atoms with Crippen molar-refractivity contribution in [3.63, 3.8) is 0 Å². The van der Waals surface area contributed by atoms with Crippen molar-refractivity contribution in [2.75, 3.05) is 6.54 Å². The standard InChI is InChI=1S/C27H33N3O4/c1-17(2)25(32)29-24(19-12-14-20(31)15-13-19)27(34)30-16-6-11-23(30)26(33)28-22-10-5-8-18-7-3-4-9-21(18)22/h3-4,7,9,12-15,17,22-24,31H,5-6,8,10-11,16H2,1-2H3,(H,28,33)(H,29,32)/t22-,23+,24+/m1/s1. The number of hydrogen-bond acceptors (Lipinski definition) is 4. The van der Waals surface area contributed by atoms with Gasteiger partial charge in [0.25, 0.3) is 0 Å². The zero-order valence-electron chi connectivity index (χ0n) is 19.8. The van der Waals surface area contributed by atoms with Crippen molar-refractivity contribution in [1.82, 2.24) is 15.5 Å². The average Bonchev–Trinajstić information content (AvgIpc) is 3.33. The second-order valence-corrected chi connectivity index (χ2v) is 9.53. The Morgan fingerprint density at radius 3 is 2.47 bits per heavy atom. The van der Waals surface area contributed by atoms with E-state index in [0.717, 1.165) is 31.2 Å². The quantitative estimate of drug-likeness (QED) is 0.612. The molecule has 34 heavy (non-hydrogen) atoms. The maximum atomic E-state index is 13.7. The molecule has 2 aromatic carbocycles. The SMILES string of the molecule is CC(C)C(=O)N[C@H](C(=O)N1CCC[C@H]1C(=O)N[C@@H]1CCCc2ccccc21)c1ccc(O)cc1. The Bertz CT molecular complexity index is 1050. The third kappa shape index (κ3) is 5.08. The van der Waals surface area contributed by atoms with Gasteiger partial charge in [0.15, 0.2) is 0 Å². The molecule has 2 aliphatic rings. The lowest BCUT2D eigenvalue weighted by Gasteiger charge is -2.32. The summed E-state index contributed by atoms with van der Waals surface area (Å²) in [6.07, 6.45) is 4.22. The van der Waals surface area contributed by atoms with E-state index in [4.69, 9.17) is 0 Å². The summed E-state index contributed by atoms with van der Waals surface area (Å²) < 4.78 is 0. The van der Waals surface area contributed by atoms with Gasteiger partial charge in [0.05, 0.1) is 6.04 Å². The monoisotopic (exact) mass is 463 g/mol. The molecule has 0 aromatic heterocycles. The van der Waals surface area contributed by atoms with E-state index in [1.54, 1.807) is 30.9 Å². The lowest BCUT2D eigenvalue weighted by atomic mass is 9.87. The molecule has 3 amide bonds. The van der Waals surface area contributed by atoms with Gasteiger partial charge in [-0.3, -0.25) is 14.4 Å². The van der Waals surface area contributed by atoms with Crippen LogP contribution in [-0.2, 0) is 20.8 Å². The molecule has 0 unspecified atom stereocenters. The van der Waals surface area contributed by atoms with Crippen molar-refractivity contribution in [3.05, 3.63) is 65.2 Å². The zero-order chi connectivity index (χ0) is 24.2. The Morgan fingerprint density at radius 2 is 1.74 bits per heavy atom. The molecule has 180 valence electrons. The number of rotatable bonds is 6. The van der Waals surface area contributed by atoms with Crippen LogP contribution in [0.2, 0.25) is 0 Å². The molecule has 2 aromatic rings. The van der Waals surface area contributed by atoms with Gasteiger partial charge >= 0.3 is 0 Å². The number of phenolic OH excluding ortho intramolecular Hbond substituents is 1. The number of aryl methyl sites for hydroxylation is 1. The molecule has 1 aliphatic heterocycles. The molecule has 0 saturated carbocycles. The van der Waals surface area contributed by atoms with Crippen LogP contribution in [-0.4, -0.2) is 40.3 Å². The first kappa shape index (κ1) is 23.8. The van der Waals surface area contributed by atoms with Crippen LogP contribution in [0.4, 0.5) is 0 Å². The highest BCUT2D eigenvalue weighted by atomic mass is 16.3. The number of aromatic hydroxyl groups is 1. The maximum absolute atomic E-state index is 13.7. The second-order valence-electron chi connectivity index (χ2n) is 9.53. The Balaban J connectivity index is 1.53. The molecular weight excluding hydrogens is 430 g/mol. The Labute approximate surface area is 200 Å². The Morgan fingerprint density at radius 1 is 1.00 bits per heavy atom. The first-order valence-corrected chi connectivity index (χ1v) is 12.1. The highest BCUT2D eigenvalue weighted by Crippen LogP contribution is 2.31. The van der Waals surface area contributed by atoms with E-state index in [-0.39, 0.29) is 35.4 Å².